The van der Waals surface area contributed by atoms with Crippen molar-refractivity contribution in [2.45, 2.75) is 13.3 Å². The number of aryl methyl sites for hydroxylation is 1. The van der Waals surface area contributed by atoms with E-state index >= 15 is 0 Å². The van der Waals surface area contributed by atoms with Crippen LogP contribution in [0.2, 0.25) is 0 Å². The number of benzene rings is 2. The SMILES string of the molecule is Cc1cc(/C=C/C#N)cc(Cc2cc(C#N)cnc2N)c1-c1cccc2c(=O)[nH][nH]c12. The van der Waals surface area contributed by atoms with E-state index < -0.39 is 0 Å². The number of aromatic amines is 2. The van der Waals surface area contributed by atoms with Crippen LogP contribution in [0.15, 0.2) is 53.5 Å². The Labute approximate surface area is 178 Å². The van der Waals surface area contributed by atoms with E-state index in [1.165, 1.54) is 12.3 Å². The monoisotopic (exact) mass is 406 g/mol. The van der Waals surface area contributed by atoms with Gasteiger partial charge in [-0.05, 0) is 52.9 Å². The van der Waals surface area contributed by atoms with Gasteiger partial charge in [-0.3, -0.25) is 15.0 Å². The van der Waals surface area contributed by atoms with Gasteiger partial charge in [-0.25, -0.2) is 4.98 Å². The van der Waals surface area contributed by atoms with Crippen molar-refractivity contribution in [3.63, 3.8) is 0 Å². The fourth-order valence-electron chi connectivity index (χ4n) is 3.84. The lowest BCUT2D eigenvalue weighted by Gasteiger charge is -2.16. The molecule has 0 aliphatic rings. The molecule has 2 aromatic carbocycles. The molecule has 0 fully saturated rings. The molecule has 4 rings (SSSR count). The topological polar surface area (TPSA) is 135 Å². The van der Waals surface area contributed by atoms with E-state index in [2.05, 4.69) is 21.3 Å². The van der Waals surface area contributed by atoms with E-state index in [4.69, 9.17) is 11.0 Å². The van der Waals surface area contributed by atoms with Gasteiger partial charge in [0.15, 0.2) is 0 Å². The third-order valence-electron chi connectivity index (χ3n) is 5.18. The first-order chi connectivity index (χ1) is 15.0. The summed E-state index contributed by atoms with van der Waals surface area (Å²) in [6.45, 7) is 1.99. The van der Waals surface area contributed by atoms with Gasteiger partial charge in [0.25, 0.3) is 5.56 Å². The quantitative estimate of drug-likeness (QED) is 0.443. The number of fused-ring (bicyclic) bond motifs is 1. The van der Waals surface area contributed by atoms with Gasteiger partial charge in [0.1, 0.15) is 11.9 Å². The highest BCUT2D eigenvalue weighted by Gasteiger charge is 2.16. The van der Waals surface area contributed by atoms with Crippen molar-refractivity contribution in [3.05, 3.63) is 86.8 Å². The number of nitriles is 2. The van der Waals surface area contributed by atoms with Crippen LogP contribution in [-0.2, 0) is 6.42 Å². The predicted octanol–water partition coefficient (Wildman–Crippen LogP) is 3.81. The normalized spacial score (nSPS) is 10.9. The van der Waals surface area contributed by atoms with Crippen molar-refractivity contribution in [1.82, 2.24) is 15.2 Å². The number of nitrogens with one attached hydrogen (secondary N) is 2. The molecule has 0 aliphatic heterocycles. The zero-order valence-electron chi connectivity index (χ0n) is 16.7. The van der Waals surface area contributed by atoms with Gasteiger partial charge in [-0.2, -0.15) is 10.5 Å². The summed E-state index contributed by atoms with van der Waals surface area (Å²) in [5.41, 5.74) is 12.4. The van der Waals surface area contributed by atoms with E-state index in [-0.39, 0.29) is 5.56 Å². The second-order valence-corrected chi connectivity index (χ2v) is 7.20. The lowest BCUT2D eigenvalue weighted by Crippen LogP contribution is -2.03. The van der Waals surface area contributed by atoms with Gasteiger partial charge in [0.2, 0.25) is 0 Å². The molecular weight excluding hydrogens is 388 g/mol. The lowest BCUT2D eigenvalue weighted by atomic mass is 9.88. The highest BCUT2D eigenvalue weighted by molar-refractivity contribution is 5.95. The molecule has 2 aromatic heterocycles. The molecule has 0 aliphatic carbocycles. The molecule has 0 atom stereocenters. The van der Waals surface area contributed by atoms with E-state index in [0.717, 1.165) is 33.4 Å². The van der Waals surface area contributed by atoms with Crippen molar-refractivity contribution in [2.75, 3.05) is 5.73 Å². The van der Waals surface area contributed by atoms with E-state index in [1.807, 2.05) is 37.3 Å². The Balaban J connectivity index is 1.97. The Morgan fingerprint density at radius 2 is 2.00 bits per heavy atom. The average Bonchev–Trinajstić information content (AvgIpc) is 3.15. The number of nitrogen functional groups attached to an aromatic ring is 1. The third kappa shape index (κ3) is 3.68. The summed E-state index contributed by atoms with van der Waals surface area (Å²) in [6.07, 6.45) is 5.05. The van der Waals surface area contributed by atoms with Crippen LogP contribution in [0, 0.1) is 29.6 Å². The molecular formula is C24H18N6O. The molecule has 31 heavy (non-hydrogen) atoms. The maximum atomic E-state index is 12.1. The van der Waals surface area contributed by atoms with E-state index in [9.17, 15) is 10.1 Å². The number of allylic oxidation sites excluding steroid dienone is 1. The first-order valence-electron chi connectivity index (χ1n) is 9.55. The highest BCUT2D eigenvalue weighted by Crippen LogP contribution is 2.34. The van der Waals surface area contributed by atoms with Crippen LogP contribution < -0.4 is 11.3 Å². The van der Waals surface area contributed by atoms with Gasteiger partial charge < -0.3 is 5.73 Å². The van der Waals surface area contributed by atoms with Crippen LogP contribution >= 0.6 is 0 Å². The van der Waals surface area contributed by atoms with E-state index in [0.29, 0.717) is 28.7 Å². The number of rotatable bonds is 4. The molecule has 0 radical (unpaired) electrons. The number of hydrogen-bond acceptors (Lipinski definition) is 5. The van der Waals surface area contributed by atoms with Crippen molar-refractivity contribution in [3.8, 4) is 23.3 Å². The Morgan fingerprint density at radius 1 is 1.16 bits per heavy atom. The fraction of sp³-hybridized carbons (Fsp3) is 0.0833. The molecule has 7 nitrogen and oxygen atoms in total. The molecule has 4 aromatic rings. The zero-order valence-corrected chi connectivity index (χ0v) is 16.7. The summed E-state index contributed by atoms with van der Waals surface area (Å²) in [5.74, 6) is 0.355. The maximum absolute atomic E-state index is 12.1. The number of aromatic nitrogens is 3. The number of anilines is 1. The number of para-hydroxylation sites is 1. The van der Waals surface area contributed by atoms with Gasteiger partial charge in [-0.1, -0.05) is 24.3 Å². The second-order valence-electron chi connectivity index (χ2n) is 7.20. The second kappa shape index (κ2) is 8.02. The molecule has 0 saturated heterocycles. The standard InChI is InChI=1S/C24H18N6O/c1-14-8-15(4-3-7-25)9-17(11-18-10-16(12-26)13-28-23(18)27)21(14)19-5-2-6-20-22(19)29-30-24(20)31/h2-6,8-10,13H,11H2,1H3,(H2,27,28)(H2,29,30,31)/b4-3+. The summed E-state index contributed by atoms with van der Waals surface area (Å²) in [7, 11) is 0. The largest absolute Gasteiger partial charge is 0.383 e. The smallest absolute Gasteiger partial charge is 0.271 e. The minimum absolute atomic E-state index is 0.181. The summed E-state index contributed by atoms with van der Waals surface area (Å²) >= 11 is 0. The van der Waals surface area contributed by atoms with Crippen LogP contribution in [-0.4, -0.2) is 15.2 Å². The van der Waals surface area contributed by atoms with Gasteiger partial charge in [0.05, 0.1) is 22.5 Å². The molecule has 0 spiro atoms. The molecule has 0 saturated carbocycles. The summed E-state index contributed by atoms with van der Waals surface area (Å²) < 4.78 is 0. The minimum atomic E-state index is -0.181. The van der Waals surface area contributed by atoms with Crippen molar-refractivity contribution in [2.24, 2.45) is 0 Å². The van der Waals surface area contributed by atoms with Crippen LogP contribution in [0.1, 0.15) is 27.8 Å². The Hall–Kier alpha value is -4.62. The molecule has 0 unspecified atom stereocenters. The Kier molecular flexibility index (Phi) is 5.09. The number of pyridine rings is 1. The van der Waals surface area contributed by atoms with Gasteiger partial charge >= 0.3 is 0 Å². The molecule has 0 amide bonds. The summed E-state index contributed by atoms with van der Waals surface area (Å²) in [6, 6.07) is 15.4. The number of nitrogens with zero attached hydrogens (tertiary/aromatic N) is 3. The third-order valence-corrected chi connectivity index (χ3v) is 5.18. The first-order valence-corrected chi connectivity index (χ1v) is 9.55. The van der Waals surface area contributed by atoms with E-state index in [1.54, 1.807) is 18.2 Å². The van der Waals surface area contributed by atoms with Gasteiger partial charge in [0, 0.05) is 24.3 Å². The fourth-order valence-corrected chi connectivity index (χ4v) is 3.84. The number of hydrogen-bond donors (Lipinski definition) is 3. The maximum Gasteiger partial charge on any atom is 0.271 e. The first kappa shape index (κ1) is 19.7. The zero-order chi connectivity index (χ0) is 22.0. The highest BCUT2D eigenvalue weighted by atomic mass is 16.1. The van der Waals surface area contributed by atoms with Crippen molar-refractivity contribution >= 4 is 22.8 Å². The average molecular weight is 406 g/mol. The summed E-state index contributed by atoms with van der Waals surface area (Å²) in [5, 5.41) is 24.4. The van der Waals surface area contributed by atoms with Crippen LogP contribution in [0.3, 0.4) is 0 Å². The summed E-state index contributed by atoms with van der Waals surface area (Å²) in [4.78, 5) is 16.3. The minimum Gasteiger partial charge on any atom is -0.383 e. The molecule has 7 heteroatoms. The van der Waals surface area contributed by atoms with Crippen LogP contribution in [0.25, 0.3) is 28.1 Å². The Morgan fingerprint density at radius 3 is 2.77 bits per heavy atom. The van der Waals surface area contributed by atoms with Gasteiger partial charge in [-0.15, -0.1) is 0 Å². The number of nitrogens with two attached hydrogens (primary N) is 1. The van der Waals surface area contributed by atoms with Crippen LogP contribution in [0.5, 0.6) is 0 Å². The molecule has 0 bridgehead atoms. The van der Waals surface area contributed by atoms with Crippen molar-refractivity contribution in [1.29, 1.82) is 10.5 Å². The molecule has 2 heterocycles. The molecule has 4 N–H and O–H groups in total. The Bertz CT molecular complexity index is 1480. The molecule has 150 valence electrons. The van der Waals surface area contributed by atoms with Crippen molar-refractivity contribution < 1.29 is 0 Å². The lowest BCUT2D eigenvalue weighted by molar-refractivity contribution is 1.08. The van der Waals surface area contributed by atoms with Crippen LogP contribution in [0.4, 0.5) is 5.82 Å². The predicted molar refractivity (Wildman–Crippen MR) is 120 cm³/mol. The number of H-pyrrole nitrogens is 2.